The predicted octanol–water partition coefficient (Wildman–Crippen LogP) is 4.90. The maximum Gasteiger partial charge on any atom is 0.204 e. The quantitative estimate of drug-likeness (QED) is 0.207. The maximum absolute atomic E-state index is 15.3. The molecule has 2 aromatic heterocycles. The first-order valence-electron chi connectivity index (χ1n) is 11.7. The van der Waals surface area contributed by atoms with Gasteiger partial charge in [-0.3, -0.25) is 0 Å². The van der Waals surface area contributed by atoms with E-state index in [9.17, 15) is 17.6 Å². The zero-order valence-electron chi connectivity index (χ0n) is 20.1. The van der Waals surface area contributed by atoms with Gasteiger partial charge < -0.3 is 20.4 Å². The van der Waals surface area contributed by atoms with Crippen LogP contribution in [-0.4, -0.2) is 57.5 Å². The number of nitrogen functional groups attached to an aromatic ring is 1. The highest BCUT2D eigenvalue weighted by molar-refractivity contribution is 5.98. The Morgan fingerprint density at radius 3 is 2.55 bits per heavy atom. The van der Waals surface area contributed by atoms with Gasteiger partial charge in [0.15, 0.2) is 17.3 Å². The molecule has 3 heterocycles. The Morgan fingerprint density at radius 1 is 1.08 bits per heavy atom. The third kappa shape index (κ3) is 4.64. The molecule has 0 aliphatic carbocycles. The monoisotopic (exact) mass is 531 g/mol. The van der Waals surface area contributed by atoms with E-state index in [2.05, 4.69) is 25.0 Å². The summed E-state index contributed by atoms with van der Waals surface area (Å²) in [5, 5.41) is 4.99. The molecule has 1 fully saturated rings. The third-order valence-corrected chi connectivity index (χ3v) is 6.36. The number of ether oxygens (including phenoxy) is 1. The van der Waals surface area contributed by atoms with Crippen molar-refractivity contribution in [3.05, 3.63) is 59.7 Å². The van der Waals surface area contributed by atoms with Crippen LogP contribution in [-0.2, 0) is 0 Å². The Balaban J connectivity index is 1.49. The van der Waals surface area contributed by atoms with Gasteiger partial charge in [-0.1, -0.05) is 0 Å². The van der Waals surface area contributed by atoms with E-state index in [1.807, 2.05) is 6.21 Å². The van der Waals surface area contributed by atoms with Crippen LogP contribution in [0, 0.1) is 29.1 Å². The predicted molar refractivity (Wildman–Crippen MR) is 131 cm³/mol. The first-order chi connectivity index (χ1) is 18.3. The van der Waals surface area contributed by atoms with Crippen LogP contribution < -0.4 is 10.5 Å². The molecule has 13 heteroatoms. The van der Waals surface area contributed by atoms with Gasteiger partial charge in [-0.15, -0.1) is 0 Å². The molecule has 0 amide bonds. The summed E-state index contributed by atoms with van der Waals surface area (Å²) >= 11 is 0. The molecule has 2 N–H and O–H groups in total. The van der Waals surface area contributed by atoms with E-state index >= 15 is 4.39 Å². The van der Waals surface area contributed by atoms with Crippen molar-refractivity contribution in [2.75, 3.05) is 32.4 Å². The summed E-state index contributed by atoms with van der Waals surface area (Å²) in [7, 11) is 1.73. The van der Waals surface area contributed by atoms with Gasteiger partial charge >= 0.3 is 0 Å². The van der Waals surface area contributed by atoms with Crippen LogP contribution in [0.5, 0.6) is 11.5 Å². The molecule has 1 atom stereocenters. The summed E-state index contributed by atoms with van der Waals surface area (Å²) in [4.78, 5) is 14.6. The van der Waals surface area contributed by atoms with Gasteiger partial charge in [-0.2, -0.15) is 13.9 Å². The normalized spacial score (nSPS) is 16.2. The van der Waals surface area contributed by atoms with E-state index in [-0.39, 0.29) is 34.9 Å². The lowest BCUT2D eigenvalue weighted by atomic mass is 10.1. The summed E-state index contributed by atoms with van der Waals surface area (Å²) in [6, 6.07) is 3.29. The molecule has 0 spiro atoms. The van der Waals surface area contributed by atoms with Crippen molar-refractivity contribution in [2.45, 2.75) is 18.9 Å². The van der Waals surface area contributed by atoms with Crippen molar-refractivity contribution in [3.8, 4) is 22.8 Å². The van der Waals surface area contributed by atoms with Crippen LogP contribution in [0.3, 0.4) is 0 Å². The number of likely N-dealkylation sites (tertiary alicyclic amines) is 1. The van der Waals surface area contributed by atoms with E-state index in [4.69, 9.17) is 10.5 Å². The highest BCUT2D eigenvalue weighted by atomic mass is 19.2. The molecule has 38 heavy (non-hydrogen) atoms. The number of halogens is 5. The van der Waals surface area contributed by atoms with Crippen LogP contribution in [0.25, 0.3) is 22.3 Å². The van der Waals surface area contributed by atoms with Crippen LogP contribution >= 0.6 is 0 Å². The van der Waals surface area contributed by atoms with Crippen LogP contribution in [0.15, 0.2) is 35.6 Å². The second kappa shape index (κ2) is 10.3. The van der Waals surface area contributed by atoms with Crippen molar-refractivity contribution >= 4 is 23.1 Å². The number of anilines is 1. The van der Waals surface area contributed by atoms with Crippen molar-refractivity contribution in [3.63, 3.8) is 0 Å². The van der Waals surface area contributed by atoms with E-state index in [1.54, 1.807) is 11.7 Å². The fourth-order valence-corrected chi connectivity index (χ4v) is 4.53. The molecule has 198 valence electrons. The van der Waals surface area contributed by atoms with E-state index in [0.717, 1.165) is 32.0 Å². The van der Waals surface area contributed by atoms with Crippen molar-refractivity contribution < 1.29 is 26.7 Å². The molecule has 1 aliphatic rings. The number of aliphatic imine (C=N–C) groups is 1. The Morgan fingerprint density at radius 2 is 1.84 bits per heavy atom. The topological polar surface area (TPSA) is 94.5 Å². The van der Waals surface area contributed by atoms with E-state index < -0.39 is 34.8 Å². The fourth-order valence-electron chi connectivity index (χ4n) is 4.53. The molecular weight excluding hydrogens is 509 g/mol. The first-order valence-corrected chi connectivity index (χ1v) is 11.7. The van der Waals surface area contributed by atoms with Crippen LogP contribution in [0.4, 0.5) is 27.8 Å². The Kier molecular flexibility index (Phi) is 6.93. The smallest absolute Gasteiger partial charge is 0.204 e. The van der Waals surface area contributed by atoms with Gasteiger partial charge in [0.25, 0.3) is 0 Å². The third-order valence-electron chi connectivity index (χ3n) is 6.36. The average Bonchev–Trinajstić information content (AvgIpc) is 3.51. The van der Waals surface area contributed by atoms with Crippen molar-refractivity contribution in [2.24, 2.45) is 4.99 Å². The molecule has 4 aromatic rings. The van der Waals surface area contributed by atoms with Gasteiger partial charge in [-0.25, -0.2) is 27.8 Å². The van der Waals surface area contributed by atoms with Gasteiger partial charge in [0.1, 0.15) is 29.4 Å². The zero-order chi connectivity index (χ0) is 27.0. The molecule has 2 aromatic carbocycles. The number of fused-ring (bicyclic) bond motifs is 1. The lowest BCUT2D eigenvalue weighted by Gasteiger charge is -2.15. The molecule has 1 saturated heterocycles. The molecule has 0 bridgehead atoms. The highest BCUT2D eigenvalue weighted by Crippen LogP contribution is 2.37. The summed E-state index contributed by atoms with van der Waals surface area (Å²) in [6.07, 6.45) is 4.77. The summed E-state index contributed by atoms with van der Waals surface area (Å²) in [5.74, 6) is -9.25. The van der Waals surface area contributed by atoms with Crippen molar-refractivity contribution in [1.29, 1.82) is 0 Å². The number of rotatable bonds is 7. The number of aromatic nitrogens is 4. The number of hydrogen-bond donors (Lipinski definition) is 1. The first kappa shape index (κ1) is 25.5. The second-order valence-corrected chi connectivity index (χ2v) is 8.76. The standard InChI is InChI=1S/C25H22F5N7O/c1-32-6-2-7-36-8-5-13(11-36)37-25-19(24(31)33-12-34-25)22(35-37)15-4-3-14(9-16(15)26)38-23-20(29)17(27)10-18(28)21(23)30/h3-4,6,9-10,12-13H,2,5,7-8,11H2,1H3,(H2,31,33,34)/b32-6+/t13-/m1/s1. The number of nitrogens with zero attached hydrogens (tertiary/aromatic N) is 6. The number of hydrogen-bond acceptors (Lipinski definition) is 7. The lowest BCUT2D eigenvalue weighted by molar-refractivity contribution is 0.330. The minimum absolute atomic E-state index is 0.00276. The minimum Gasteiger partial charge on any atom is -0.451 e. The summed E-state index contributed by atoms with van der Waals surface area (Å²) in [5.41, 5.74) is 6.74. The second-order valence-electron chi connectivity index (χ2n) is 8.76. The summed E-state index contributed by atoms with van der Waals surface area (Å²) in [6.45, 7) is 2.38. The van der Waals surface area contributed by atoms with Gasteiger partial charge in [-0.05, 0) is 31.2 Å². The van der Waals surface area contributed by atoms with Gasteiger partial charge in [0.2, 0.25) is 17.4 Å². The van der Waals surface area contributed by atoms with Gasteiger partial charge in [0.05, 0.1) is 11.4 Å². The molecule has 8 nitrogen and oxygen atoms in total. The largest absolute Gasteiger partial charge is 0.451 e. The SMILES string of the molecule is C/N=C/CCN1CC[C@@H](n2nc(-c3ccc(Oc4c(F)c(F)cc(F)c4F)cc3F)c3c(N)ncnc32)C1. The molecule has 0 radical (unpaired) electrons. The molecule has 1 aliphatic heterocycles. The van der Waals surface area contributed by atoms with Crippen LogP contribution in [0.2, 0.25) is 0 Å². The fraction of sp³-hybridized carbons (Fsp3) is 0.280. The minimum atomic E-state index is -1.74. The molecule has 0 unspecified atom stereocenters. The Bertz CT molecular complexity index is 1510. The molecule has 0 saturated carbocycles. The molecular formula is C25H22F5N7O. The lowest BCUT2D eigenvalue weighted by Crippen LogP contribution is -2.23. The highest BCUT2D eigenvalue weighted by Gasteiger charge is 2.29. The average molecular weight is 531 g/mol. The van der Waals surface area contributed by atoms with E-state index in [1.165, 1.54) is 18.5 Å². The van der Waals surface area contributed by atoms with Crippen LogP contribution in [0.1, 0.15) is 18.9 Å². The molecule has 5 rings (SSSR count). The summed E-state index contributed by atoms with van der Waals surface area (Å²) < 4.78 is 77.1. The zero-order valence-corrected chi connectivity index (χ0v) is 20.1. The van der Waals surface area contributed by atoms with Crippen molar-refractivity contribution in [1.82, 2.24) is 24.6 Å². The maximum atomic E-state index is 15.3. The van der Waals surface area contributed by atoms with E-state index in [0.29, 0.717) is 17.6 Å². The Hall–Kier alpha value is -4.13. The Labute approximate surface area is 213 Å². The van der Waals surface area contributed by atoms with Gasteiger partial charge in [0, 0.05) is 44.4 Å². The number of benzene rings is 2. The number of nitrogens with two attached hydrogens (primary N) is 1.